The minimum Gasteiger partial charge on any atom is -0.368 e. The number of para-hydroxylation sites is 1. The van der Waals surface area contributed by atoms with Crippen LogP contribution in [0, 0.1) is 12.8 Å². The Morgan fingerprint density at radius 2 is 1.75 bits per heavy atom. The second kappa shape index (κ2) is 19.1. The van der Waals surface area contributed by atoms with Gasteiger partial charge in [-0.3, -0.25) is 24.5 Å². The number of nitrogens with zero attached hydrogens (tertiary/aromatic N) is 5. The van der Waals surface area contributed by atoms with E-state index in [1.807, 2.05) is 53.1 Å². The van der Waals surface area contributed by atoms with Gasteiger partial charge in [0, 0.05) is 74.5 Å². The minimum atomic E-state index is -0.662. The van der Waals surface area contributed by atoms with E-state index >= 15 is 0 Å². The fourth-order valence-electron chi connectivity index (χ4n) is 8.53. The molecule has 15 nitrogen and oxygen atoms in total. The monoisotopic (exact) mass is 777 g/mol. The molecule has 0 bridgehead atoms. The molecule has 6 N–H and O–H groups in total. The number of carbonyl (C=O) groups excluding carboxylic acids is 4. The van der Waals surface area contributed by atoms with Gasteiger partial charge < -0.3 is 41.3 Å². The van der Waals surface area contributed by atoms with Crippen molar-refractivity contribution in [1.82, 2.24) is 46.2 Å². The molecule has 0 radical (unpaired) electrons. The number of carbonyl (C=O) groups is 4. The molecule has 5 amide bonds. The van der Waals surface area contributed by atoms with E-state index in [1.165, 1.54) is 0 Å². The molecule has 0 spiro atoms. The molecule has 3 atom stereocenters. The Morgan fingerprint density at radius 3 is 2.54 bits per heavy atom. The molecular formula is C42H55N11O4. The minimum absolute atomic E-state index is 0.0372. The van der Waals surface area contributed by atoms with Crippen LogP contribution >= 0.6 is 0 Å². The summed E-state index contributed by atoms with van der Waals surface area (Å²) in [7, 11) is 0. The third kappa shape index (κ3) is 10.1. The summed E-state index contributed by atoms with van der Waals surface area (Å²) in [5.41, 5.74) is 5.86. The number of aryl methyl sites for hydroxylation is 1. The van der Waals surface area contributed by atoms with Gasteiger partial charge in [0.1, 0.15) is 6.04 Å². The molecule has 3 aliphatic rings. The molecule has 3 aliphatic heterocycles. The van der Waals surface area contributed by atoms with Gasteiger partial charge in [-0.2, -0.15) is 5.10 Å². The average Bonchev–Trinajstić information content (AvgIpc) is 3.72. The number of rotatable bonds is 17. The number of hydrogen-bond acceptors (Lipinski definition) is 9. The molecule has 2 saturated heterocycles. The number of aromatic nitrogens is 3. The first kappa shape index (κ1) is 39.7. The SMILES string of the molecule is Cc1cc(CC(NCCC(CCNC=O)N2Cc3ccccc3NC2=O)C(=O)NC(CC2CCNCC2)C(=O)N2CCN(c3ccncc3)CC2)cc2cn[nH]c12. The number of nitrogens with one attached hydrogen (secondary N) is 6. The van der Waals surface area contributed by atoms with Crippen molar-refractivity contribution in [2.45, 2.75) is 70.1 Å². The van der Waals surface area contributed by atoms with E-state index in [-0.39, 0.29) is 23.9 Å². The zero-order valence-corrected chi connectivity index (χ0v) is 32.7. The number of amides is 5. The second-order valence-corrected chi connectivity index (χ2v) is 15.5. The van der Waals surface area contributed by atoms with Gasteiger partial charge in [0.05, 0.1) is 17.8 Å². The lowest BCUT2D eigenvalue weighted by Crippen LogP contribution is -2.58. The fraction of sp³-hybridized carbons (Fsp3) is 0.476. The molecule has 2 aromatic carbocycles. The standard InChI is InChI=1S/C42H55N11O4/c1-29-22-31(23-33-26-47-50-39(29)33)25-37(46-17-11-35(10-16-45-28-54)53-27-32-4-2-3-5-36(32)49-42(53)57)40(55)48-38(24-30-6-12-43-13-7-30)41(56)52-20-18-51(19-21-52)34-8-14-44-15-9-34/h2-5,8-9,14-15,22-23,26,28,30,35,37-38,43,46H,6-7,10-13,16-21,24-25,27H2,1H3,(H,45,54)(H,47,50)(H,48,55)(H,49,57). The summed E-state index contributed by atoms with van der Waals surface area (Å²) in [5, 5.41) is 24.2. The molecule has 2 aromatic heterocycles. The smallest absolute Gasteiger partial charge is 0.322 e. The number of urea groups is 1. The van der Waals surface area contributed by atoms with Crippen molar-refractivity contribution in [3.05, 3.63) is 83.8 Å². The van der Waals surface area contributed by atoms with E-state index in [0.717, 1.165) is 64.9 Å². The lowest BCUT2D eigenvalue weighted by atomic mass is 9.90. The molecule has 2 fully saturated rings. The third-order valence-corrected chi connectivity index (χ3v) is 11.7. The van der Waals surface area contributed by atoms with Crippen molar-refractivity contribution in [2.75, 3.05) is 62.6 Å². The Hall–Kier alpha value is -5.54. The lowest BCUT2D eigenvalue weighted by molar-refractivity contribution is -0.137. The summed E-state index contributed by atoms with van der Waals surface area (Å²) in [6, 6.07) is 14.1. The normalized spacial score (nSPS) is 17.7. The molecular weight excluding hydrogens is 723 g/mol. The molecule has 5 heterocycles. The van der Waals surface area contributed by atoms with E-state index in [2.05, 4.69) is 58.8 Å². The Kier molecular flexibility index (Phi) is 13.3. The predicted molar refractivity (Wildman–Crippen MR) is 220 cm³/mol. The molecule has 302 valence electrons. The van der Waals surface area contributed by atoms with Crippen LogP contribution in [0.3, 0.4) is 0 Å². The number of fused-ring (bicyclic) bond motifs is 2. The Labute approximate surface area is 333 Å². The summed E-state index contributed by atoms with van der Waals surface area (Å²) in [6.07, 6.45) is 9.99. The average molecular weight is 778 g/mol. The highest BCUT2D eigenvalue weighted by Gasteiger charge is 2.34. The number of pyridine rings is 1. The predicted octanol–water partition coefficient (Wildman–Crippen LogP) is 2.93. The number of H-pyrrole nitrogens is 1. The van der Waals surface area contributed by atoms with Crippen LogP contribution in [0.1, 0.15) is 48.8 Å². The summed E-state index contributed by atoms with van der Waals surface area (Å²) in [5.74, 6) is 0.0500. The molecule has 7 rings (SSSR count). The maximum Gasteiger partial charge on any atom is 0.322 e. The molecule has 15 heteroatoms. The van der Waals surface area contributed by atoms with Crippen molar-refractivity contribution in [3.63, 3.8) is 0 Å². The number of benzene rings is 2. The molecule has 3 unspecified atom stereocenters. The van der Waals surface area contributed by atoms with Crippen molar-refractivity contribution < 1.29 is 19.2 Å². The van der Waals surface area contributed by atoms with Crippen LogP contribution in [0.4, 0.5) is 16.2 Å². The van der Waals surface area contributed by atoms with Crippen LogP contribution in [0.25, 0.3) is 10.9 Å². The third-order valence-electron chi connectivity index (χ3n) is 11.7. The van der Waals surface area contributed by atoms with Gasteiger partial charge in [-0.15, -0.1) is 0 Å². The second-order valence-electron chi connectivity index (χ2n) is 15.5. The number of hydrogen-bond donors (Lipinski definition) is 6. The van der Waals surface area contributed by atoms with Crippen LogP contribution < -0.4 is 31.5 Å². The molecule has 0 aliphatic carbocycles. The Balaban J connectivity index is 1.08. The largest absolute Gasteiger partial charge is 0.368 e. The molecule has 4 aromatic rings. The van der Waals surface area contributed by atoms with Crippen molar-refractivity contribution in [3.8, 4) is 0 Å². The summed E-state index contributed by atoms with van der Waals surface area (Å²) < 4.78 is 0. The Bertz CT molecular complexity index is 1980. The van der Waals surface area contributed by atoms with Gasteiger partial charge in [-0.1, -0.05) is 24.3 Å². The first-order chi connectivity index (χ1) is 27.9. The maximum absolute atomic E-state index is 14.6. The highest BCUT2D eigenvalue weighted by Crippen LogP contribution is 2.27. The van der Waals surface area contributed by atoms with Gasteiger partial charge in [-0.05, 0) is 112 Å². The van der Waals surface area contributed by atoms with Crippen molar-refractivity contribution >= 4 is 46.5 Å². The van der Waals surface area contributed by atoms with E-state index in [4.69, 9.17) is 0 Å². The first-order valence-corrected chi connectivity index (χ1v) is 20.3. The van der Waals surface area contributed by atoms with Crippen LogP contribution in [0.2, 0.25) is 0 Å². The fourth-order valence-corrected chi connectivity index (χ4v) is 8.53. The Morgan fingerprint density at radius 1 is 0.982 bits per heavy atom. The van der Waals surface area contributed by atoms with Crippen LogP contribution in [0.15, 0.2) is 67.1 Å². The van der Waals surface area contributed by atoms with E-state index < -0.39 is 12.1 Å². The number of piperazine rings is 1. The molecule has 57 heavy (non-hydrogen) atoms. The van der Waals surface area contributed by atoms with Crippen LogP contribution in [0.5, 0.6) is 0 Å². The summed E-state index contributed by atoms with van der Waals surface area (Å²) in [6.45, 7) is 7.63. The van der Waals surface area contributed by atoms with Gasteiger partial charge in [0.25, 0.3) is 0 Å². The highest BCUT2D eigenvalue weighted by atomic mass is 16.2. The number of anilines is 2. The van der Waals surface area contributed by atoms with E-state index in [0.29, 0.717) is 83.8 Å². The summed E-state index contributed by atoms with van der Waals surface area (Å²) in [4.78, 5) is 63.6. The quantitative estimate of drug-likeness (QED) is 0.0695. The van der Waals surface area contributed by atoms with Gasteiger partial charge in [0.15, 0.2) is 0 Å². The maximum atomic E-state index is 14.6. The zero-order valence-electron chi connectivity index (χ0n) is 32.7. The van der Waals surface area contributed by atoms with Gasteiger partial charge in [0.2, 0.25) is 18.2 Å². The number of piperidine rings is 1. The van der Waals surface area contributed by atoms with Gasteiger partial charge in [-0.25, -0.2) is 4.79 Å². The lowest BCUT2D eigenvalue weighted by Gasteiger charge is -2.38. The van der Waals surface area contributed by atoms with E-state index in [9.17, 15) is 19.2 Å². The van der Waals surface area contributed by atoms with Crippen molar-refractivity contribution in [1.29, 1.82) is 0 Å². The first-order valence-electron chi connectivity index (χ1n) is 20.3. The molecule has 0 saturated carbocycles. The van der Waals surface area contributed by atoms with Crippen LogP contribution in [-0.2, 0) is 27.3 Å². The topological polar surface area (TPSA) is 180 Å². The van der Waals surface area contributed by atoms with Gasteiger partial charge >= 0.3 is 6.03 Å². The summed E-state index contributed by atoms with van der Waals surface area (Å²) >= 11 is 0. The van der Waals surface area contributed by atoms with Crippen molar-refractivity contribution in [2.24, 2.45) is 5.92 Å². The number of aromatic amines is 1. The highest BCUT2D eigenvalue weighted by molar-refractivity contribution is 5.92. The van der Waals surface area contributed by atoms with E-state index in [1.54, 1.807) is 18.6 Å². The zero-order chi connectivity index (χ0) is 39.6. The van der Waals surface area contributed by atoms with Crippen LogP contribution in [-0.4, -0.2) is 120 Å².